The molecule has 3 heteroatoms. The minimum Gasteiger partial charge on any atom is -0.493 e. The quantitative estimate of drug-likeness (QED) is 0.720. The van der Waals surface area contributed by atoms with Gasteiger partial charge < -0.3 is 14.8 Å². The number of methoxy groups -OCH3 is 1. The van der Waals surface area contributed by atoms with E-state index >= 15 is 0 Å². The molecule has 0 saturated carbocycles. The van der Waals surface area contributed by atoms with Gasteiger partial charge in [0.1, 0.15) is 5.75 Å². The normalized spacial score (nSPS) is 12.7. The van der Waals surface area contributed by atoms with Crippen molar-refractivity contribution in [1.82, 2.24) is 5.32 Å². The Morgan fingerprint density at radius 3 is 2.56 bits per heavy atom. The first-order chi connectivity index (χ1) is 8.65. The Bertz CT molecular complexity index is 339. The lowest BCUT2D eigenvalue weighted by Crippen LogP contribution is -2.23. The highest BCUT2D eigenvalue weighted by Gasteiger charge is 2.10. The van der Waals surface area contributed by atoms with Gasteiger partial charge in [0.15, 0.2) is 0 Å². The van der Waals surface area contributed by atoms with Crippen molar-refractivity contribution in [2.75, 3.05) is 26.9 Å². The molecule has 0 aliphatic carbocycles. The van der Waals surface area contributed by atoms with Crippen molar-refractivity contribution >= 4 is 0 Å². The zero-order chi connectivity index (χ0) is 13.4. The Morgan fingerprint density at radius 1 is 1.17 bits per heavy atom. The van der Waals surface area contributed by atoms with E-state index in [1.807, 2.05) is 18.2 Å². The maximum Gasteiger partial charge on any atom is 0.124 e. The number of nitrogens with one attached hydrogen (secondary N) is 1. The maximum atomic E-state index is 5.85. The van der Waals surface area contributed by atoms with Crippen molar-refractivity contribution in [3.8, 4) is 5.75 Å². The second-order valence-electron chi connectivity index (χ2n) is 4.91. The number of hydrogen-bond acceptors (Lipinski definition) is 3. The van der Waals surface area contributed by atoms with Crippen molar-refractivity contribution in [1.29, 1.82) is 0 Å². The van der Waals surface area contributed by atoms with Crippen molar-refractivity contribution in [2.24, 2.45) is 5.92 Å². The summed E-state index contributed by atoms with van der Waals surface area (Å²) < 4.78 is 10.9. The van der Waals surface area contributed by atoms with Crippen LogP contribution < -0.4 is 10.1 Å². The molecule has 1 N–H and O–H groups in total. The summed E-state index contributed by atoms with van der Waals surface area (Å²) in [5, 5.41) is 3.42. The van der Waals surface area contributed by atoms with Gasteiger partial charge in [-0.1, -0.05) is 32.0 Å². The van der Waals surface area contributed by atoms with E-state index in [2.05, 4.69) is 32.2 Å². The van der Waals surface area contributed by atoms with E-state index in [9.17, 15) is 0 Å². The monoisotopic (exact) mass is 251 g/mol. The van der Waals surface area contributed by atoms with Gasteiger partial charge in [-0.3, -0.25) is 0 Å². The summed E-state index contributed by atoms with van der Waals surface area (Å²) in [6.07, 6.45) is 0. The molecule has 1 rings (SSSR count). The van der Waals surface area contributed by atoms with E-state index in [0.29, 0.717) is 5.92 Å². The van der Waals surface area contributed by atoms with Crippen molar-refractivity contribution in [3.05, 3.63) is 29.8 Å². The second kappa shape index (κ2) is 8.11. The SMILES string of the molecule is COCCNC(C)c1ccccc1OCC(C)C. The zero-order valence-electron chi connectivity index (χ0n) is 11.9. The van der Waals surface area contributed by atoms with E-state index in [0.717, 1.165) is 25.5 Å². The largest absolute Gasteiger partial charge is 0.493 e. The molecule has 1 unspecified atom stereocenters. The molecular formula is C15H25NO2. The Hall–Kier alpha value is -1.06. The molecule has 1 aromatic rings. The molecule has 0 spiro atoms. The number of hydrogen-bond donors (Lipinski definition) is 1. The van der Waals surface area contributed by atoms with Gasteiger partial charge in [-0.2, -0.15) is 0 Å². The van der Waals surface area contributed by atoms with Gasteiger partial charge in [-0.05, 0) is 18.9 Å². The number of para-hydroxylation sites is 1. The van der Waals surface area contributed by atoms with Gasteiger partial charge in [-0.15, -0.1) is 0 Å². The fourth-order valence-electron chi connectivity index (χ4n) is 1.71. The van der Waals surface area contributed by atoms with E-state index < -0.39 is 0 Å². The highest BCUT2D eigenvalue weighted by molar-refractivity contribution is 5.35. The first kappa shape index (κ1) is 15.0. The summed E-state index contributed by atoms with van der Waals surface area (Å²) >= 11 is 0. The van der Waals surface area contributed by atoms with Crippen LogP contribution in [-0.2, 0) is 4.74 Å². The Morgan fingerprint density at radius 2 is 1.89 bits per heavy atom. The van der Waals surface area contributed by atoms with Gasteiger partial charge in [0.25, 0.3) is 0 Å². The summed E-state index contributed by atoms with van der Waals surface area (Å²) in [7, 11) is 1.71. The topological polar surface area (TPSA) is 30.5 Å². The van der Waals surface area contributed by atoms with Gasteiger partial charge >= 0.3 is 0 Å². The molecule has 0 aliphatic rings. The van der Waals surface area contributed by atoms with E-state index in [1.54, 1.807) is 7.11 Å². The minimum absolute atomic E-state index is 0.267. The third-order valence-corrected chi connectivity index (χ3v) is 2.71. The van der Waals surface area contributed by atoms with Gasteiger partial charge in [0, 0.05) is 25.3 Å². The van der Waals surface area contributed by atoms with E-state index in [4.69, 9.17) is 9.47 Å². The zero-order valence-corrected chi connectivity index (χ0v) is 11.9. The lowest BCUT2D eigenvalue weighted by Gasteiger charge is -2.19. The number of ether oxygens (including phenoxy) is 2. The van der Waals surface area contributed by atoms with Crippen molar-refractivity contribution < 1.29 is 9.47 Å². The summed E-state index contributed by atoms with van der Waals surface area (Å²) in [4.78, 5) is 0. The summed E-state index contributed by atoms with van der Waals surface area (Å²) in [6.45, 7) is 8.77. The standard InChI is InChI=1S/C15H25NO2/c1-12(2)11-18-15-8-6-5-7-14(15)13(3)16-9-10-17-4/h5-8,12-13,16H,9-11H2,1-4H3. The van der Waals surface area contributed by atoms with Crippen LogP contribution in [0.3, 0.4) is 0 Å². The van der Waals surface area contributed by atoms with Crippen LogP contribution in [0.4, 0.5) is 0 Å². The molecule has 1 atom stereocenters. The van der Waals surface area contributed by atoms with E-state index in [-0.39, 0.29) is 6.04 Å². The highest BCUT2D eigenvalue weighted by Crippen LogP contribution is 2.25. The maximum absolute atomic E-state index is 5.85. The van der Waals surface area contributed by atoms with Crippen LogP contribution in [0.25, 0.3) is 0 Å². The summed E-state index contributed by atoms with van der Waals surface area (Å²) in [6, 6.07) is 8.47. The van der Waals surface area contributed by atoms with Crippen molar-refractivity contribution in [3.63, 3.8) is 0 Å². The molecule has 0 fully saturated rings. The van der Waals surface area contributed by atoms with Gasteiger partial charge in [0.05, 0.1) is 13.2 Å². The summed E-state index contributed by atoms with van der Waals surface area (Å²) in [5.74, 6) is 1.51. The Kier molecular flexibility index (Phi) is 6.76. The third kappa shape index (κ3) is 5.07. The molecule has 1 aromatic carbocycles. The fourth-order valence-corrected chi connectivity index (χ4v) is 1.71. The number of benzene rings is 1. The Labute approximate surface area is 110 Å². The van der Waals surface area contributed by atoms with Gasteiger partial charge in [-0.25, -0.2) is 0 Å². The highest BCUT2D eigenvalue weighted by atomic mass is 16.5. The molecule has 18 heavy (non-hydrogen) atoms. The summed E-state index contributed by atoms with van der Waals surface area (Å²) in [5.41, 5.74) is 1.20. The van der Waals surface area contributed by atoms with Crippen LogP contribution in [0, 0.1) is 5.92 Å². The smallest absolute Gasteiger partial charge is 0.124 e. The fraction of sp³-hybridized carbons (Fsp3) is 0.600. The van der Waals surface area contributed by atoms with Crippen LogP contribution in [0.15, 0.2) is 24.3 Å². The van der Waals surface area contributed by atoms with Crippen LogP contribution in [0.2, 0.25) is 0 Å². The average Bonchev–Trinajstić information content (AvgIpc) is 2.37. The molecule has 0 amide bonds. The first-order valence-corrected chi connectivity index (χ1v) is 6.59. The van der Waals surface area contributed by atoms with Crippen LogP contribution in [-0.4, -0.2) is 26.9 Å². The molecule has 0 radical (unpaired) electrons. The van der Waals surface area contributed by atoms with Gasteiger partial charge in [0.2, 0.25) is 0 Å². The average molecular weight is 251 g/mol. The molecule has 0 aromatic heterocycles. The molecule has 0 bridgehead atoms. The Balaban J connectivity index is 2.62. The molecule has 102 valence electrons. The first-order valence-electron chi connectivity index (χ1n) is 6.59. The lowest BCUT2D eigenvalue weighted by atomic mass is 10.1. The predicted molar refractivity (Wildman–Crippen MR) is 75.1 cm³/mol. The number of rotatable bonds is 8. The van der Waals surface area contributed by atoms with Crippen LogP contribution in [0.1, 0.15) is 32.4 Å². The predicted octanol–water partition coefficient (Wildman–Crippen LogP) is 3.02. The lowest BCUT2D eigenvalue weighted by molar-refractivity contribution is 0.196. The van der Waals surface area contributed by atoms with E-state index in [1.165, 1.54) is 5.56 Å². The van der Waals surface area contributed by atoms with Crippen LogP contribution in [0.5, 0.6) is 5.75 Å². The van der Waals surface area contributed by atoms with Crippen LogP contribution >= 0.6 is 0 Å². The van der Waals surface area contributed by atoms with Crippen molar-refractivity contribution in [2.45, 2.75) is 26.8 Å². The molecule has 0 saturated heterocycles. The minimum atomic E-state index is 0.267. The molecular weight excluding hydrogens is 226 g/mol. The second-order valence-corrected chi connectivity index (χ2v) is 4.91. The molecule has 0 heterocycles. The molecule has 0 aliphatic heterocycles. The third-order valence-electron chi connectivity index (χ3n) is 2.71. The molecule has 3 nitrogen and oxygen atoms in total.